The van der Waals surface area contributed by atoms with Crippen LogP contribution in [0, 0.1) is 5.92 Å². The van der Waals surface area contributed by atoms with Gasteiger partial charge in [0.25, 0.3) is 10.0 Å². The number of aromatic nitrogens is 7. The van der Waals surface area contributed by atoms with E-state index in [1.54, 1.807) is 25.4 Å². The van der Waals surface area contributed by atoms with Crippen molar-refractivity contribution in [2.75, 3.05) is 35.7 Å². The summed E-state index contributed by atoms with van der Waals surface area (Å²) in [7, 11) is -3.48. The first kappa shape index (κ1) is 23.2. The molecule has 2 N–H and O–H groups in total. The van der Waals surface area contributed by atoms with Gasteiger partial charge in [0, 0.05) is 50.1 Å². The first-order chi connectivity index (χ1) is 16.8. The van der Waals surface area contributed by atoms with Crippen molar-refractivity contribution in [1.82, 2.24) is 33.9 Å². The summed E-state index contributed by atoms with van der Waals surface area (Å²) in [5.41, 5.74) is 1.44. The molecular weight excluding hydrogens is 470 g/mol. The molecule has 0 amide bonds. The summed E-state index contributed by atoms with van der Waals surface area (Å²) in [4.78, 5) is 15.5. The number of hydrogen-bond donors (Lipinski definition) is 2. The van der Waals surface area contributed by atoms with Crippen LogP contribution in [0.3, 0.4) is 0 Å². The third kappa shape index (κ3) is 4.32. The van der Waals surface area contributed by atoms with Crippen molar-refractivity contribution < 1.29 is 13.5 Å². The van der Waals surface area contributed by atoms with Crippen LogP contribution in [0.1, 0.15) is 26.8 Å². The van der Waals surface area contributed by atoms with E-state index in [1.807, 2.05) is 10.7 Å². The van der Waals surface area contributed by atoms with Gasteiger partial charge in [0.1, 0.15) is 11.6 Å². The molecule has 0 unspecified atom stereocenters. The molecular formula is C22H27N9O3S. The van der Waals surface area contributed by atoms with E-state index in [2.05, 4.69) is 44.1 Å². The standard InChI is InChI=1S/C22H27N9O3S/c1-4-35(33,34)30-12-16(8-25-30)21-23-6-5-19(27-21)26-20-7-18-17(9-24-20)22(28-31(18)14(2)3)29-10-15(11-29)13-32/h5-9,12,14-15,32H,4,10-11,13H2,1-3H3,(H,23,24,26,27). The van der Waals surface area contributed by atoms with E-state index in [9.17, 15) is 13.5 Å². The Balaban J connectivity index is 1.43. The van der Waals surface area contributed by atoms with Gasteiger partial charge < -0.3 is 15.3 Å². The van der Waals surface area contributed by atoms with E-state index in [1.165, 1.54) is 12.4 Å². The highest BCUT2D eigenvalue weighted by Crippen LogP contribution is 2.33. The molecule has 12 nitrogen and oxygen atoms in total. The molecule has 4 aromatic heterocycles. The lowest BCUT2D eigenvalue weighted by Crippen LogP contribution is -2.48. The number of pyridine rings is 1. The van der Waals surface area contributed by atoms with E-state index in [0.717, 1.165) is 33.9 Å². The van der Waals surface area contributed by atoms with E-state index in [0.29, 0.717) is 23.0 Å². The normalized spacial score (nSPS) is 14.6. The van der Waals surface area contributed by atoms with Crippen molar-refractivity contribution >= 4 is 38.4 Å². The quantitative estimate of drug-likeness (QED) is 0.371. The maximum absolute atomic E-state index is 12.1. The zero-order valence-corrected chi connectivity index (χ0v) is 20.5. The molecule has 4 aromatic rings. The molecule has 5 heterocycles. The average molecular weight is 498 g/mol. The van der Waals surface area contributed by atoms with Gasteiger partial charge >= 0.3 is 0 Å². The van der Waals surface area contributed by atoms with Gasteiger partial charge in [0.2, 0.25) is 0 Å². The summed E-state index contributed by atoms with van der Waals surface area (Å²) in [5.74, 6) is 2.55. The first-order valence-corrected chi connectivity index (χ1v) is 13.0. The lowest BCUT2D eigenvalue weighted by atomic mass is 10.0. The smallest absolute Gasteiger partial charge is 0.253 e. The SMILES string of the molecule is CCS(=O)(=O)n1cc(-c2nccc(Nc3cc4c(cn3)c(N3CC(CO)C3)nn4C(C)C)n2)cn1. The second-order valence-electron chi connectivity index (χ2n) is 8.79. The maximum atomic E-state index is 12.1. The molecule has 35 heavy (non-hydrogen) atoms. The van der Waals surface area contributed by atoms with Gasteiger partial charge in [-0.25, -0.2) is 23.4 Å². The minimum atomic E-state index is -3.48. The molecule has 0 radical (unpaired) electrons. The van der Waals surface area contributed by atoms with Gasteiger partial charge in [-0.2, -0.15) is 14.3 Å². The molecule has 5 rings (SSSR count). The van der Waals surface area contributed by atoms with Crippen LogP contribution in [0.4, 0.5) is 17.5 Å². The maximum Gasteiger partial charge on any atom is 0.253 e. The van der Waals surface area contributed by atoms with Crippen molar-refractivity contribution in [1.29, 1.82) is 0 Å². The fourth-order valence-corrected chi connectivity index (χ4v) is 4.70. The summed E-state index contributed by atoms with van der Waals surface area (Å²) < 4.78 is 27.0. The third-order valence-corrected chi connectivity index (χ3v) is 7.46. The highest BCUT2D eigenvalue weighted by Gasteiger charge is 2.30. The zero-order valence-electron chi connectivity index (χ0n) is 19.7. The van der Waals surface area contributed by atoms with Crippen LogP contribution >= 0.6 is 0 Å². The Labute approximate surface area is 202 Å². The number of hydrogen-bond acceptors (Lipinski definition) is 10. The summed E-state index contributed by atoms with van der Waals surface area (Å²) in [6.07, 6.45) is 6.22. The summed E-state index contributed by atoms with van der Waals surface area (Å²) >= 11 is 0. The van der Waals surface area contributed by atoms with Crippen molar-refractivity contribution in [3.05, 3.63) is 36.9 Å². The van der Waals surface area contributed by atoms with Crippen molar-refractivity contribution in [2.24, 2.45) is 5.92 Å². The van der Waals surface area contributed by atoms with Crippen LogP contribution in [0.15, 0.2) is 36.9 Å². The number of rotatable bonds is 8. The summed E-state index contributed by atoms with van der Waals surface area (Å²) in [6, 6.07) is 3.80. The second-order valence-corrected chi connectivity index (χ2v) is 10.9. The lowest BCUT2D eigenvalue weighted by Gasteiger charge is -2.38. The van der Waals surface area contributed by atoms with Gasteiger partial charge in [-0.3, -0.25) is 4.68 Å². The predicted molar refractivity (Wildman–Crippen MR) is 132 cm³/mol. The molecule has 1 saturated heterocycles. The van der Waals surface area contributed by atoms with Crippen LogP contribution < -0.4 is 10.2 Å². The van der Waals surface area contributed by atoms with Crippen molar-refractivity contribution in [3.8, 4) is 11.4 Å². The summed E-state index contributed by atoms with van der Waals surface area (Å²) in [6.45, 7) is 7.45. The molecule has 0 aliphatic carbocycles. The van der Waals surface area contributed by atoms with Gasteiger partial charge in [-0.05, 0) is 26.8 Å². The Kier molecular flexibility index (Phi) is 5.89. The minimum Gasteiger partial charge on any atom is -0.396 e. The second kappa shape index (κ2) is 8.89. The highest BCUT2D eigenvalue weighted by molar-refractivity contribution is 7.89. The van der Waals surface area contributed by atoms with E-state index < -0.39 is 10.0 Å². The number of nitrogens with one attached hydrogen (secondary N) is 1. The number of nitrogens with zero attached hydrogens (tertiary/aromatic N) is 8. The van der Waals surface area contributed by atoms with Crippen LogP contribution in [0.25, 0.3) is 22.3 Å². The van der Waals surface area contributed by atoms with Gasteiger partial charge in [0.15, 0.2) is 11.6 Å². The molecule has 1 fully saturated rings. The number of aliphatic hydroxyl groups excluding tert-OH is 1. The Morgan fingerprint density at radius 1 is 1.20 bits per heavy atom. The van der Waals surface area contributed by atoms with Gasteiger partial charge in [-0.1, -0.05) is 0 Å². The van der Waals surface area contributed by atoms with E-state index >= 15 is 0 Å². The van der Waals surface area contributed by atoms with Gasteiger partial charge in [0.05, 0.1) is 34.6 Å². The fraction of sp³-hybridized carbons (Fsp3) is 0.409. The average Bonchev–Trinajstić information content (AvgIpc) is 3.45. The summed E-state index contributed by atoms with van der Waals surface area (Å²) in [5, 5.41) is 22.3. The molecule has 184 valence electrons. The number of anilines is 3. The Bertz CT molecular complexity index is 1470. The largest absolute Gasteiger partial charge is 0.396 e. The zero-order chi connectivity index (χ0) is 24.7. The topological polar surface area (TPSA) is 144 Å². The van der Waals surface area contributed by atoms with Crippen LogP contribution in [0.2, 0.25) is 0 Å². The Morgan fingerprint density at radius 2 is 2.00 bits per heavy atom. The van der Waals surface area contributed by atoms with Crippen molar-refractivity contribution in [2.45, 2.75) is 26.8 Å². The first-order valence-electron chi connectivity index (χ1n) is 11.4. The number of aliphatic hydroxyl groups is 1. The molecule has 1 aliphatic rings. The Hall–Kier alpha value is -3.58. The third-order valence-electron chi connectivity index (χ3n) is 5.96. The van der Waals surface area contributed by atoms with Crippen molar-refractivity contribution in [3.63, 3.8) is 0 Å². The number of fused-ring (bicyclic) bond motifs is 1. The highest BCUT2D eigenvalue weighted by atomic mass is 32.2. The predicted octanol–water partition coefficient (Wildman–Crippen LogP) is 2.04. The molecule has 0 aromatic carbocycles. The monoisotopic (exact) mass is 497 g/mol. The van der Waals surface area contributed by atoms with Crippen LogP contribution in [0.5, 0.6) is 0 Å². The molecule has 0 bridgehead atoms. The molecule has 0 spiro atoms. The molecule has 13 heteroatoms. The van der Waals surface area contributed by atoms with E-state index in [-0.39, 0.29) is 24.3 Å². The molecule has 0 atom stereocenters. The minimum absolute atomic E-state index is 0.0564. The van der Waals surface area contributed by atoms with Crippen LogP contribution in [-0.2, 0) is 10.0 Å². The molecule has 1 aliphatic heterocycles. The lowest BCUT2D eigenvalue weighted by molar-refractivity contribution is 0.200. The fourth-order valence-electron chi connectivity index (χ4n) is 3.97. The van der Waals surface area contributed by atoms with Gasteiger partial charge in [-0.15, -0.1) is 0 Å². The van der Waals surface area contributed by atoms with Crippen LogP contribution in [-0.4, -0.2) is 72.9 Å². The molecule has 0 saturated carbocycles. The Morgan fingerprint density at radius 3 is 2.71 bits per heavy atom. The van der Waals surface area contributed by atoms with E-state index in [4.69, 9.17) is 5.10 Å².